The van der Waals surface area contributed by atoms with Gasteiger partial charge in [0.25, 0.3) is 0 Å². The molecule has 28 heavy (non-hydrogen) atoms. The van der Waals surface area contributed by atoms with E-state index in [9.17, 15) is 8.42 Å². The van der Waals surface area contributed by atoms with Crippen molar-refractivity contribution in [3.63, 3.8) is 0 Å². The third-order valence-corrected chi connectivity index (χ3v) is 6.15. The van der Waals surface area contributed by atoms with Crippen LogP contribution in [-0.2, 0) is 25.1 Å². The van der Waals surface area contributed by atoms with Crippen molar-refractivity contribution in [1.29, 1.82) is 0 Å². The van der Waals surface area contributed by atoms with E-state index in [-0.39, 0.29) is 17.6 Å². The third kappa shape index (κ3) is 9.52. The second-order valence-corrected chi connectivity index (χ2v) is 9.10. The van der Waals surface area contributed by atoms with Crippen LogP contribution in [0, 0.1) is 0 Å². The summed E-state index contributed by atoms with van der Waals surface area (Å²) in [6, 6.07) is 9.28. The Morgan fingerprint density at radius 1 is 1.21 bits per heavy atom. The van der Waals surface area contributed by atoms with Gasteiger partial charge in [0.05, 0.1) is 24.2 Å². The van der Waals surface area contributed by atoms with Gasteiger partial charge in [-0.2, -0.15) is 0 Å². The minimum atomic E-state index is -3.10. The molecule has 1 unspecified atom stereocenters. The number of aliphatic imine (C=N–C) groups is 1. The van der Waals surface area contributed by atoms with Gasteiger partial charge >= 0.3 is 0 Å². The van der Waals surface area contributed by atoms with Gasteiger partial charge in [-0.3, -0.25) is 4.99 Å². The van der Waals surface area contributed by atoms with Gasteiger partial charge in [-0.25, -0.2) is 8.42 Å². The first-order valence-corrected chi connectivity index (χ1v) is 11.8. The van der Waals surface area contributed by atoms with Crippen molar-refractivity contribution < 1.29 is 17.9 Å². The molecule has 0 spiro atoms. The van der Waals surface area contributed by atoms with Crippen molar-refractivity contribution in [2.24, 2.45) is 4.99 Å². The molecule has 1 aromatic carbocycles. The summed E-state index contributed by atoms with van der Waals surface area (Å²) in [6.45, 7) is 3.51. The number of benzene rings is 1. The van der Waals surface area contributed by atoms with Crippen LogP contribution in [0.15, 0.2) is 35.3 Å². The molecule has 0 bridgehead atoms. The molecule has 8 heteroatoms. The van der Waals surface area contributed by atoms with Crippen molar-refractivity contribution in [2.75, 3.05) is 45.7 Å². The molecule has 1 aromatic rings. The van der Waals surface area contributed by atoms with Gasteiger partial charge < -0.3 is 20.1 Å². The SMILES string of the molecule is CN=C(NCCCOCC1CCCO1)NCCCS(=O)(=O)Cc1ccccc1. The van der Waals surface area contributed by atoms with Crippen LogP contribution in [0.4, 0.5) is 0 Å². The van der Waals surface area contributed by atoms with Crippen LogP contribution in [0.2, 0.25) is 0 Å². The van der Waals surface area contributed by atoms with Crippen LogP contribution in [-0.4, -0.2) is 66.2 Å². The zero-order valence-electron chi connectivity index (χ0n) is 16.7. The van der Waals surface area contributed by atoms with Gasteiger partial charge in [0.1, 0.15) is 0 Å². The largest absolute Gasteiger partial charge is 0.379 e. The molecule has 2 rings (SSSR count). The number of nitrogens with one attached hydrogen (secondary N) is 2. The summed E-state index contributed by atoms with van der Waals surface area (Å²) in [4.78, 5) is 4.15. The van der Waals surface area contributed by atoms with E-state index < -0.39 is 9.84 Å². The first kappa shape index (κ1) is 22.6. The van der Waals surface area contributed by atoms with E-state index in [1.807, 2.05) is 30.3 Å². The quantitative estimate of drug-likeness (QED) is 0.309. The summed E-state index contributed by atoms with van der Waals surface area (Å²) in [6.07, 6.45) is 3.90. The number of sulfone groups is 1. The molecule has 1 aliphatic heterocycles. The molecule has 1 fully saturated rings. The Labute approximate surface area is 168 Å². The zero-order chi connectivity index (χ0) is 20.1. The Kier molecular flexibility index (Phi) is 10.3. The lowest BCUT2D eigenvalue weighted by molar-refractivity contribution is 0.0168. The smallest absolute Gasteiger partial charge is 0.190 e. The molecular weight excluding hydrogens is 378 g/mol. The van der Waals surface area contributed by atoms with Crippen molar-refractivity contribution >= 4 is 15.8 Å². The molecule has 0 aliphatic carbocycles. The van der Waals surface area contributed by atoms with Gasteiger partial charge in [-0.15, -0.1) is 0 Å². The normalized spacial score (nSPS) is 17.6. The molecule has 1 atom stereocenters. The molecule has 1 heterocycles. The number of guanidine groups is 1. The van der Waals surface area contributed by atoms with Crippen molar-refractivity contribution in [1.82, 2.24) is 10.6 Å². The van der Waals surface area contributed by atoms with E-state index >= 15 is 0 Å². The molecule has 7 nitrogen and oxygen atoms in total. The van der Waals surface area contributed by atoms with E-state index in [4.69, 9.17) is 9.47 Å². The highest BCUT2D eigenvalue weighted by molar-refractivity contribution is 7.90. The van der Waals surface area contributed by atoms with Crippen LogP contribution < -0.4 is 10.6 Å². The molecule has 0 saturated carbocycles. The number of hydrogen-bond acceptors (Lipinski definition) is 5. The number of ether oxygens (including phenoxy) is 2. The third-order valence-electron chi connectivity index (χ3n) is 4.46. The fourth-order valence-electron chi connectivity index (χ4n) is 2.99. The summed E-state index contributed by atoms with van der Waals surface area (Å²) >= 11 is 0. The fraction of sp³-hybridized carbons (Fsp3) is 0.650. The first-order chi connectivity index (χ1) is 13.6. The summed E-state index contributed by atoms with van der Waals surface area (Å²) in [5.41, 5.74) is 0.828. The summed E-state index contributed by atoms with van der Waals surface area (Å²) < 4.78 is 35.5. The van der Waals surface area contributed by atoms with Gasteiger partial charge in [-0.1, -0.05) is 30.3 Å². The number of hydrogen-bond donors (Lipinski definition) is 2. The highest BCUT2D eigenvalue weighted by atomic mass is 32.2. The lowest BCUT2D eigenvalue weighted by Crippen LogP contribution is -2.39. The van der Waals surface area contributed by atoms with Gasteiger partial charge in [0.2, 0.25) is 0 Å². The van der Waals surface area contributed by atoms with Crippen LogP contribution in [0.3, 0.4) is 0 Å². The van der Waals surface area contributed by atoms with Crippen LogP contribution in [0.1, 0.15) is 31.2 Å². The summed E-state index contributed by atoms with van der Waals surface area (Å²) in [5, 5.41) is 6.37. The molecule has 1 aliphatic rings. The highest BCUT2D eigenvalue weighted by Gasteiger charge is 2.15. The Hall–Kier alpha value is -1.64. The molecule has 0 amide bonds. The highest BCUT2D eigenvalue weighted by Crippen LogP contribution is 2.11. The second-order valence-electron chi connectivity index (χ2n) is 6.92. The second kappa shape index (κ2) is 12.7. The fourth-order valence-corrected chi connectivity index (χ4v) is 4.42. The Morgan fingerprint density at radius 3 is 2.64 bits per heavy atom. The topological polar surface area (TPSA) is 89.0 Å². The molecule has 0 aromatic heterocycles. The van der Waals surface area contributed by atoms with Crippen molar-refractivity contribution in [2.45, 2.75) is 37.5 Å². The number of nitrogens with zero attached hydrogens (tertiary/aromatic N) is 1. The minimum Gasteiger partial charge on any atom is -0.379 e. The maximum atomic E-state index is 12.2. The Balaban J connectivity index is 1.51. The van der Waals surface area contributed by atoms with Crippen molar-refractivity contribution in [3.05, 3.63) is 35.9 Å². The molecule has 0 radical (unpaired) electrons. The monoisotopic (exact) mass is 411 g/mol. The Morgan fingerprint density at radius 2 is 1.96 bits per heavy atom. The van der Waals surface area contributed by atoms with E-state index in [0.29, 0.717) is 32.1 Å². The average Bonchev–Trinajstić information content (AvgIpc) is 3.20. The minimum absolute atomic E-state index is 0.0900. The predicted octanol–water partition coefficient (Wildman–Crippen LogP) is 1.74. The van der Waals surface area contributed by atoms with Crippen LogP contribution >= 0.6 is 0 Å². The van der Waals surface area contributed by atoms with E-state index in [0.717, 1.165) is 38.0 Å². The molecule has 1 saturated heterocycles. The van der Waals surface area contributed by atoms with Crippen LogP contribution in [0.25, 0.3) is 0 Å². The maximum absolute atomic E-state index is 12.2. The van der Waals surface area contributed by atoms with Gasteiger partial charge in [-0.05, 0) is 31.2 Å². The van der Waals surface area contributed by atoms with Gasteiger partial charge in [0, 0.05) is 33.4 Å². The molecule has 158 valence electrons. The summed E-state index contributed by atoms with van der Waals surface area (Å²) in [7, 11) is -1.40. The zero-order valence-corrected chi connectivity index (χ0v) is 17.5. The van der Waals surface area contributed by atoms with Crippen LogP contribution in [0.5, 0.6) is 0 Å². The summed E-state index contributed by atoms with van der Waals surface area (Å²) in [5.74, 6) is 0.926. The number of rotatable bonds is 12. The lowest BCUT2D eigenvalue weighted by Gasteiger charge is -2.13. The van der Waals surface area contributed by atoms with E-state index in [1.54, 1.807) is 7.05 Å². The van der Waals surface area contributed by atoms with E-state index in [1.165, 1.54) is 0 Å². The first-order valence-electron chi connectivity index (χ1n) is 9.97. The lowest BCUT2D eigenvalue weighted by atomic mass is 10.2. The average molecular weight is 412 g/mol. The van der Waals surface area contributed by atoms with E-state index in [2.05, 4.69) is 15.6 Å². The predicted molar refractivity (Wildman–Crippen MR) is 112 cm³/mol. The van der Waals surface area contributed by atoms with Crippen molar-refractivity contribution in [3.8, 4) is 0 Å². The molecular formula is C20H33N3O4S. The molecule has 2 N–H and O–H groups in total. The van der Waals surface area contributed by atoms with Gasteiger partial charge in [0.15, 0.2) is 15.8 Å². The maximum Gasteiger partial charge on any atom is 0.190 e. The standard InChI is InChI=1S/C20H33N3O4S/c1-21-20(22-11-6-13-26-16-19-10-5-14-27-19)23-12-7-15-28(24,25)17-18-8-3-2-4-9-18/h2-4,8-9,19H,5-7,10-17H2,1H3,(H2,21,22,23). The Bertz CT molecular complexity index is 674.